The van der Waals surface area contributed by atoms with Crippen LogP contribution in [0.2, 0.25) is 0 Å². The van der Waals surface area contributed by atoms with Crippen LogP contribution in [0.5, 0.6) is 5.75 Å². The van der Waals surface area contributed by atoms with Crippen molar-refractivity contribution >= 4 is 23.2 Å². The SMILES string of the molecule is CCOc1ccccc1CNC(=O)Cc1nc(CC(=O)[O-])cs1. The number of carbonyl (C=O) groups excluding carboxylic acids is 2. The van der Waals surface area contributed by atoms with Gasteiger partial charge in [-0.15, -0.1) is 11.3 Å². The average molecular weight is 333 g/mol. The second-order valence-electron chi connectivity index (χ2n) is 4.78. The Balaban J connectivity index is 1.88. The molecule has 1 aromatic heterocycles. The maximum atomic E-state index is 12.0. The number of nitrogens with zero attached hydrogens (tertiary/aromatic N) is 1. The normalized spacial score (nSPS) is 10.3. The van der Waals surface area contributed by atoms with Crippen LogP contribution in [0.1, 0.15) is 23.2 Å². The van der Waals surface area contributed by atoms with E-state index < -0.39 is 5.97 Å². The van der Waals surface area contributed by atoms with E-state index in [-0.39, 0.29) is 18.7 Å². The topological polar surface area (TPSA) is 91.3 Å². The lowest BCUT2D eigenvalue weighted by Gasteiger charge is -2.10. The number of aromatic nitrogens is 1. The number of carbonyl (C=O) groups is 2. The van der Waals surface area contributed by atoms with Gasteiger partial charge in [0, 0.05) is 29.9 Å². The molecule has 0 bridgehead atoms. The fourth-order valence-electron chi connectivity index (χ4n) is 2.00. The molecule has 7 heteroatoms. The number of rotatable bonds is 8. The van der Waals surface area contributed by atoms with Crippen molar-refractivity contribution in [1.82, 2.24) is 10.3 Å². The highest BCUT2D eigenvalue weighted by molar-refractivity contribution is 7.09. The molecule has 0 spiro atoms. The third-order valence-corrected chi connectivity index (χ3v) is 3.88. The summed E-state index contributed by atoms with van der Waals surface area (Å²) in [7, 11) is 0. The van der Waals surface area contributed by atoms with Crippen molar-refractivity contribution in [3.63, 3.8) is 0 Å². The largest absolute Gasteiger partial charge is 0.550 e. The number of amides is 1. The lowest BCUT2D eigenvalue weighted by molar-refractivity contribution is -0.304. The van der Waals surface area contributed by atoms with E-state index in [4.69, 9.17) is 4.74 Å². The maximum Gasteiger partial charge on any atom is 0.227 e. The Morgan fingerprint density at radius 3 is 2.83 bits per heavy atom. The molecule has 0 aliphatic carbocycles. The van der Waals surface area contributed by atoms with Gasteiger partial charge in [-0.05, 0) is 13.0 Å². The minimum absolute atomic E-state index is 0.120. The van der Waals surface area contributed by atoms with E-state index in [0.717, 1.165) is 11.3 Å². The first-order valence-electron chi connectivity index (χ1n) is 7.19. The van der Waals surface area contributed by atoms with Crippen LogP contribution < -0.4 is 15.2 Å². The van der Waals surface area contributed by atoms with Gasteiger partial charge in [-0.3, -0.25) is 4.79 Å². The highest BCUT2D eigenvalue weighted by atomic mass is 32.1. The van der Waals surface area contributed by atoms with Crippen molar-refractivity contribution in [2.24, 2.45) is 0 Å². The van der Waals surface area contributed by atoms with Gasteiger partial charge in [0.05, 0.1) is 18.7 Å². The third kappa shape index (κ3) is 5.37. The highest BCUT2D eigenvalue weighted by Gasteiger charge is 2.09. The van der Waals surface area contributed by atoms with Crippen molar-refractivity contribution < 1.29 is 19.4 Å². The first-order chi connectivity index (χ1) is 11.1. The van der Waals surface area contributed by atoms with Crippen LogP contribution in [0.15, 0.2) is 29.6 Å². The van der Waals surface area contributed by atoms with E-state index in [9.17, 15) is 14.7 Å². The minimum atomic E-state index is -1.18. The molecule has 0 fully saturated rings. The molecule has 2 aromatic rings. The van der Waals surface area contributed by atoms with Crippen LogP contribution in [-0.4, -0.2) is 23.5 Å². The van der Waals surface area contributed by atoms with E-state index in [1.54, 1.807) is 5.38 Å². The summed E-state index contributed by atoms with van der Waals surface area (Å²) in [5.74, 6) is -0.606. The summed E-state index contributed by atoms with van der Waals surface area (Å²) in [5, 5.41) is 15.5. The van der Waals surface area contributed by atoms with Crippen molar-refractivity contribution in [1.29, 1.82) is 0 Å². The molecule has 0 radical (unpaired) electrons. The van der Waals surface area contributed by atoms with Crippen LogP contribution in [0.4, 0.5) is 0 Å². The number of hydrogen-bond donors (Lipinski definition) is 1. The number of ether oxygens (including phenoxy) is 1. The number of carboxylic acid groups (broad SMARTS) is 1. The molecule has 0 aliphatic heterocycles. The van der Waals surface area contributed by atoms with Crippen molar-refractivity contribution in [3.8, 4) is 5.75 Å². The molecule has 23 heavy (non-hydrogen) atoms. The number of para-hydroxylation sites is 1. The summed E-state index contributed by atoms with van der Waals surface area (Å²) in [6, 6.07) is 7.52. The molecule has 2 rings (SSSR count). The first-order valence-corrected chi connectivity index (χ1v) is 8.07. The van der Waals surface area contributed by atoms with Crippen molar-refractivity contribution in [3.05, 3.63) is 45.9 Å². The molecule has 0 saturated carbocycles. The number of hydrogen-bond acceptors (Lipinski definition) is 6. The zero-order valence-corrected chi connectivity index (χ0v) is 13.5. The molecule has 0 unspecified atom stereocenters. The Labute approximate surface area is 138 Å². The molecule has 1 N–H and O–H groups in total. The first kappa shape index (κ1) is 17.0. The van der Waals surface area contributed by atoms with Gasteiger partial charge in [-0.25, -0.2) is 4.98 Å². The number of nitrogens with one attached hydrogen (secondary N) is 1. The van der Waals surface area contributed by atoms with Gasteiger partial charge in [0.2, 0.25) is 5.91 Å². The number of aliphatic carboxylic acids is 1. The summed E-state index contributed by atoms with van der Waals surface area (Å²) in [5.41, 5.74) is 1.32. The Kier molecular flexibility index (Phi) is 6.10. The Hall–Kier alpha value is -2.41. The fourth-order valence-corrected chi connectivity index (χ4v) is 2.79. The molecule has 1 heterocycles. The van der Waals surface area contributed by atoms with E-state index in [2.05, 4.69) is 10.3 Å². The molecular weight excluding hydrogens is 316 g/mol. The Bertz CT molecular complexity index is 684. The lowest BCUT2D eigenvalue weighted by atomic mass is 10.2. The second kappa shape index (κ2) is 8.28. The number of thiazole rings is 1. The van der Waals surface area contributed by atoms with E-state index >= 15 is 0 Å². The molecule has 0 saturated heterocycles. The molecule has 122 valence electrons. The van der Waals surface area contributed by atoms with E-state index in [1.165, 1.54) is 11.3 Å². The monoisotopic (exact) mass is 333 g/mol. The van der Waals surface area contributed by atoms with Gasteiger partial charge in [0.15, 0.2) is 0 Å². The smallest absolute Gasteiger partial charge is 0.227 e. The third-order valence-electron chi connectivity index (χ3n) is 2.99. The molecule has 1 amide bonds. The van der Waals surface area contributed by atoms with Gasteiger partial charge in [0.1, 0.15) is 10.8 Å². The lowest BCUT2D eigenvalue weighted by Crippen LogP contribution is -2.25. The molecule has 1 aromatic carbocycles. The summed E-state index contributed by atoms with van der Waals surface area (Å²) in [6.45, 7) is 2.83. The zero-order valence-electron chi connectivity index (χ0n) is 12.7. The van der Waals surface area contributed by atoms with Gasteiger partial charge < -0.3 is 20.0 Å². The van der Waals surface area contributed by atoms with Crippen LogP contribution in [0, 0.1) is 0 Å². The van der Waals surface area contributed by atoms with Gasteiger partial charge in [-0.2, -0.15) is 0 Å². The van der Waals surface area contributed by atoms with Crippen LogP contribution in [0.25, 0.3) is 0 Å². The summed E-state index contributed by atoms with van der Waals surface area (Å²) >= 11 is 1.27. The molecular formula is C16H17N2O4S-. The standard InChI is InChI=1S/C16H18N2O4S/c1-2-22-13-6-4-3-5-11(13)9-17-14(19)8-15-18-12(10-23-15)7-16(20)21/h3-6,10H,2,7-9H2,1H3,(H,17,19)(H,20,21)/p-1. The average Bonchev–Trinajstić information content (AvgIpc) is 2.93. The minimum Gasteiger partial charge on any atom is -0.550 e. The maximum absolute atomic E-state index is 12.0. The number of carboxylic acids is 1. The quantitative estimate of drug-likeness (QED) is 0.767. The van der Waals surface area contributed by atoms with E-state index in [1.807, 2.05) is 31.2 Å². The Morgan fingerprint density at radius 2 is 2.09 bits per heavy atom. The molecule has 6 nitrogen and oxygen atoms in total. The van der Waals surface area contributed by atoms with Crippen LogP contribution in [0.3, 0.4) is 0 Å². The zero-order chi connectivity index (χ0) is 16.7. The number of benzene rings is 1. The summed E-state index contributed by atoms with van der Waals surface area (Å²) in [6.07, 6.45) is -0.117. The van der Waals surface area contributed by atoms with E-state index in [0.29, 0.717) is 23.9 Å². The summed E-state index contributed by atoms with van der Waals surface area (Å²) in [4.78, 5) is 26.6. The van der Waals surface area contributed by atoms with Gasteiger partial charge >= 0.3 is 0 Å². The Morgan fingerprint density at radius 1 is 1.30 bits per heavy atom. The highest BCUT2D eigenvalue weighted by Crippen LogP contribution is 2.17. The molecule has 0 atom stereocenters. The van der Waals surface area contributed by atoms with Crippen molar-refractivity contribution in [2.75, 3.05) is 6.61 Å². The van der Waals surface area contributed by atoms with Gasteiger partial charge in [-0.1, -0.05) is 18.2 Å². The van der Waals surface area contributed by atoms with Crippen LogP contribution >= 0.6 is 11.3 Å². The van der Waals surface area contributed by atoms with Crippen molar-refractivity contribution in [2.45, 2.75) is 26.3 Å². The molecule has 0 aliphatic rings. The summed E-state index contributed by atoms with van der Waals surface area (Å²) < 4.78 is 5.50. The predicted octanol–water partition coefficient (Wildman–Crippen LogP) is 0.693. The van der Waals surface area contributed by atoms with Gasteiger partial charge in [0.25, 0.3) is 0 Å². The predicted molar refractivity (Wildman–Crippen MR) is 84.0 cm³/mol. The van der Waals surface area contributed by atoms with Crippen LogP contribution in [-0.2, 0) is 29.0 Å². The second-order valence-corrected chi connectivity index (χ2v) is 5.72. The fraction of sp³-hybridized carbons (Fsp3) is 0.312.